The summed E-state index contributed by atoms with van der Waals surface area (Å²) in [5.41, 5.74) is 0. The van der Waals surface area contributed by atoms with Crippen LogP contribution in [0, 0.1) is 11.8 Å². The van der Waals surface area contributed by atoms with Crippen molar-refractivity contribution in [2.75, 3.05) is 85.6 Å². The molecule has 0 radical (unpaired) electrons. The van der Waals surface area contributed by atoms with Crippen LogP contribution in [-0.2, 0) is 19.2 Å². The molecule has 2 N–H and O–H groups in total. The van der Waals surface area contributed by atoms with Crippen LogP contribution in [0.2, 0.25) is 0 Å². The van der Waals surface area contributed by atoms with Crippen LogP contribution < -0.4 is 10.6 Å². The Morgan fingerprint density at radius 3 is 0.885 bits per heavy atom. The van der Waals surface area contributed by atoms with Crippen LogP contribution in [0.3, 0.4) is 0 Å². The average molecular weight is 1100 g/mol. The highest BCUT2D eigenvalue weighted by atomic mass is 16.2. The van der Waals surface area contributed by atoms with Crippen LogP contribution in [-0.4, -0.2) is 146 Å². The minimum atomic E-state index is -0.511. The molecule has 2 rings (SSSR count). The molecular formula is C67H131N7O4. The Kier molecular flexibility index (Phi) is 45.5. The molecule has 0 aliphatic carbocycles. The molecule has 2 aliphatic rings. The van der Waals surface area contributed by atoms with Gasteiger partial charge >= 0.3 is 0 Å². The van der Waals surface area contributed by atoms with E-state index < -0.39 is 12.1 Å². The van der Waals surface area contributed by atoms with Crippen LogP contribution in [0.5, 0.6) is 0 Å². The van der Waals surface area contributed by atoms with Crippen LogP contribution in [0.4, 0.5) is 0 Å². The van der Waals surface area contributed by atoms with Crippen molar-refractivity contribution in [1.29, 1.82) is 0 Å². The monoisotopic (exact) mass is 1100 g/mol. The summed E-state index contributed by atoms with van der Waals surface area (Å²) < 4.78 is 0. The van der Waals surface area contributed by atoms with Gasteiger partial charge in [-0.1, -0.05) is 247 Å². The lowest BCUT2D eigenvalue weighted by Crippen LogP contribution is -2.55. The summed E-state index contributed by atoms with van der Waals surface area (Å²) in [7, 11) is 2.03. The van der Waals surface area contributed by atoms with Crippen molar-refractivity contribution in [2.45, 2.75) is 310 Å². The molecule has 0 bridgehead atoms. The van der Waals surface area contributed by atoms with Crippen molar-refractivity contribution >= 4 is 23.6 Å². The van der Waals surface area contributed by atoms with E-state index in [0.29, 0.717) is 52.1 Å². The van der Waals surface area contributed by atoms with Gasteiger partial charge in [-0.3, -0.25) is 19.2 Å². The van der Waals surface area contributed by atoms with Crippen LogP contribution in [0.1, 0.15) is 298 Å². The highest BCUT2D eigenvalue weighted by molar-refractivity contribution is 5.88. The second kappa shape index (κ2) is 49.4. The van der Waals surface area contributed by atoms with Gasteiger partial charge in [0, 0.05) is 65.2 Å². The second-order valence-corrected chi connectivity index (χ2v) is 25.3. The number of carbonyl (C=O) groups excluding carboxylic acids is 4. The lowest BCUT2D eigenvalue weighted by Gasteiger charge is -2.35. The van der Waals surface area contributed by atoms with E-state index in [-0.39, 0.29) is 35.5 Å². The van der Waals surface area contributed by atoms with Gasteiger partial charge < -0.3 is 35.1 Å². The minimum Gasteiger partial charge on any atom is -0.353 e. The minimum absolute atomic E-state index is 0.0131. The summed E-state index contributed by atoms with van der Waals surface area (Å²) in [6, 6.07) is -1.02. The Hall–Kier alpha value is -2.24. The number of likely N-dealkylation sites (N-methyl/N-ethyl adjacent to an activating group) is 1. The summed E-state index contributed by atoms with van der Waals surface area (Å²) in [4.78, 5) is 67.5. The number of hydrogen-bond acceptors (Lipinski definition) is 7. The molecule has 2 heterocycles. The van der Waals surface area contributed by atoms with Gasteiger partial charge in [-0.25, -0.2) is 0 Å². The molecule has 11 nitrogen and oxygen atoms in total. The molecule has 0 spiro atoms. The summed E-state index contributed by atoms with van der Waals surface area (Å²) in [6.07, 6.45) is 49.8. The molecule has 2 aliphatic heterocycles. The third-order valence-electron chi connectivity index (χ3n) is 17.4. The smallest absolute Gasteiger partial charge is 0.243 e. The molecule has 2 atom stereocenters. The third-order valence-corrected chi connectivity index (χ3v) is 17.4. The highest BCUT2D eigenvalue weighted by Gasteiger charge is 2.34. The fraction of sp³-hybridized carbons (Fsp3) is 0.940. The molecule has 0 aromatic carbocycles. The molecule has 11 heteroatoms. The summed E-state index contributed by atoms with van der Waals surface area (Å²) in [6.45, 7) is 22.1. The van der Waals surface area contributed by atoms with E-state index in [1.54, 1.807) is 0 Å². The van der Waals surface area contributed by atoms with Crippen LogP contribution in [0.15, 0.2) is 0 Å². The van der Waals surface area contributed by atoms with Crippen molar-refractivity contribution < 1.29 is 19.2 Å². The average Bonchev–Trinajstić information content (AvgIpc) is 3.86. The van der Waals surface area contributed by atoms with E-state index in [9.17, 15) is 19.2 Å². The predicted molar refractivity (Wildman–Crippen MR) is 333 cm³/mol. The maximum atomic E-state index is 14.1. The Labute approximate surface area is 483 Å². The zero-order valence-corrected chi connectivity index (χ0v) is 52.9. The number of amides is 4. The third kappa shape index (κ3) is 36.3. The Morgan fingerprint density at radius 2 is 0.628 bits per heavy atom. The van der Waals surface area contributed by atoms with E-state index in [4.69, 9.17) is 0 Å². The van der Waals surface area contributed by atoms with Crippen molar-refractivity contribution in [1.82, 2.24) is 35.1 Å². The van der Waals surface area contributed by atoms with Crippen molar-refractivity contribution in [2.24, 2.45) is 11.8 Å². The first kappa shape index (κ1) is 71.9. The first-order valence-electron chi connectivity index (χ1n) is 34.3. The first-order chi connectivity index (χ1) is 38.0. The number of likely N-dealkylation sites (tertiary alicyclic amines) is 2. The number of nitrogens with zero attached hydrogens (tertiary/aromatic N) is 5. The van der Waals surface area contributed by atoms with E-state index in [1.807, 2.05) is 16.8 Å². The zero-order chi connectivity index (χ0) is 56.7. The van der Waals surface area contributed by atoms with Gasteiger partial charge in [-0.15, -0.1) is 0 Å². The number of carbonyl (C=O) groups is 4. The fourth-order valence-corrected chi connectivity index (χ4v) is 12.3. The van der Waals surface area contributed by atoms with E-state index >= 15 is 0 Å². The largest absolute Gasteiger partial charge is 0.353 e. The van der Waals surface area contributed by atoms with Gasteiger partial charge in [0.2, 0.25) is 23.6 Å². The summed E-state index contributed by atoms with van der Waals surface area (Å²) >= 11 is 0. The standard InChI is InChI=1S/C67H131N7O4/c1-8-10-12-14-16-18-20-22-24-26-28-30-32-34-40-46-62(75)73(58-56-71-50-42-36-37-43-51-71)64(60(3)4)66(77)68-48-54-70(7)55-49-69-67(78)65(61(5)6)74(59-57-72-52-44-38-39-45-53-72)63(76)47-41-35-33-31-29-27-25-23-21-19-17-15-13-11-9-2/h60-61,64-65H,8-59H2,1-7H3,(H,68,77)(H,69,78). The lowest BCUT2D eigenvalue weighted by molar-refractivity contribution is -0.142. The molecule has 0 saturated carbocycles. The number of hydrogen-bond donors (Lipinski definition) is 2. The molecule has 78 heavy (non-hydrogen) atoms. The molecule has 4 amide bonds. The van der Waals surface area contributed by atoms with E-state index in [1.165, 1.54) is 218 Å². The molecule has 2 fully saturated rings. The maximum absolute atomic E-state index is 14.1. The van der Waals surface area contributed by atoms with E-state index in [2.05, 4.69) is 66.9 Å². The number of rotatable bonds is 50. The van der Waals surface area contributed by atoms with Crippen molar-refractivity contribution in [3.05, 3.63) is 0 Å². The summed E-state index contributed by atoms with van der Waals surface area (Å²) in [5.74, 6) is 0.0750. The van der Waals surface area contributed by atoms with Crippen molar-refractivity contribution in [3.63, 3.8) is 0 Å². The van der Waals surface area contributed by atoms with Gasteiger partial charge in [-0.05, 0) is 83.6 Å². The Balaban J connectivity index is 1.87. The molecule has 458 valence electrons. The highest BCUT2D eigenvalue weighted by Crippen LogP contribution is 2.21. The fourth-order valence-electron chi connectivity index (χ4n) is 12.3. The van der Waals surface area contributed by atoms with Gasteiger partial charge in [0.05, 0.1) is 0 Å². The van der Waals surface area contributed by atoms with Gasteiger partial charge in [-0.2, -0.15) is 0 Å². The Bertz CT molecular complexity index is 1330. The quantitative estimate of drug-likeness (QED) is 0.0584. The predicted octanol–water partition coefficient (Wildman–Crippen LogP) is 15.1. The molecule has 2 saturated heterocycles. The van der Waals surface area contributed by atoms with Crippen LogP contribution >= 0.6 is 0 Å². The topological polar surface area (TPSA) is 109 Å². The summed E-state index contributed by atoms with van der Waals surface area (Å²) in [5, 5.41) is 6.46. The van der Waals surface area contributed by atoms with E-state index in [0.717, 1.165) is 65.0 Å². The SMILES string of the molecule is CCCCCCCCCCCCCCCCCC(=O)N(CCN1CCCCCC1)C(C(=O)NCCN(C)CCNC(=O)C(C(C)C)N(CCN1CCCCCC1)C(=O)CCCCCCCCCCCCCCCCC)C(C)C. The molecular weight excluding hydrogens is 967 g/mol. The first-order valence-corrected chi connectivity index (χ1v) is 34.3. The zero-order valence-electron chi connectivity index (χ0n) is 52.9. The number of unbranched alkanes of at least 4 members (excludes halogenated alkanes) is 28. The molecule has 2 unspecified atom stereocenters. The second-order valence-electron chi connectivity index (χ2n) is 25.3. The van der Waals surface area contributed by atoms with Crippen LogP contribution in [0.25, 0.3) is 0 Å². The Morgan fingerprint density at radius 1 is 0.372 bits per heavy atom. The lowest BCUT2D eigenvalue weighted by atomic mass is 10.00. The number of nitrogens with one attached hydrogen (secondary N) is 2. The van der Waals surface area contributed by atoms with Gasteiger partial charge in [0.15, 0.2) is 0 Å². The maximum Gasteiger partial charge on any atom is 0.243 e. The van der Waals surface area contributed by atoms with Gasteiger partial charge in [0.1, 0.15) is 12.1 Å². The van der Waals surface area contributed by atoms with Crippen molar-refractivity contribution in [3.8, 4) is 0 Å². The molecule has 0 aromatic heterocycles. The van der Waals surface area contributed by atoms with Gasteiger partial charge in [0.25, 0.3) is 0 Å². The normalized spacial score (nSPS) is 15.6. The molecule has 0 aromatic rings.